The summed E-state index contributed by atoms with van der Waals surface area (Å²) in [5, 5.41) is 0. The van der Waals surface area contributed by atoms with E-state index >= 15 is 0 Å². The van der Waals surface area contributed by atoms with Crippen LogP contribution in [0.5, 0.6) is 0 Å². The minimum absolute atomic E-state index is 0.341. The molecular formula is C4H10O3PS2+. The third-order valence-electron chi connectivity index (χ3n) is 1.24. The van der Waals surface area contributed by atoms with Crippen LogP contribution >= 0.6 is 29.5 Å². The average Bonchev–Trinajstić information content (AvgIpc) is 1.88. The van der Waals surface area contributed by atoms with Crippen molar-refractivity contribution in [3.8, 4) is 0 Å². The van der Waals surface area contributed by atoms with Crippen molar-refractivity contribution < 1.29 is 14.7 Å². The highest BCUT2D eigenvalue weighted by Crippen LogP contribution is 2.60. The Morgan fingerprint density at radius 1 is 1.30 bits per heavy atom. The van der Waals surface area contributed by atoms with Crippen LogP contribution in [0.2, 0.25) is 0 Å². The fourth-order valence-corrected chi connectivity index (χ4v) is 5.50. The van der Waals surface area contributed by atoms with Crippen LogP contribution in [0, 0.1) is 0 Å². The third kappa shape index (κ3) is 2.57. The first kappa shape index (κ1) is 9.10. The van der Waals surface area contributed by atoms with E-state index in [4.69, 9.17) is 14.7 Å². The van der Waals surface area contributed by atoms with E-state index in [1.165, 1.54) is 10.8 Å². The first-order valence-electron chi connectivity index (χ1n) is 2.96. The van der Waals surface area contributed by atoms with Crippen molar-refractivity contribution >= 4 is 29.5 Å². The molecule has 10 heavy (non-hydrogen) atoms. The summed E-state index contributed by atoms with van der Waals surface area (Å²) in [6.45, 7) is 0. The molecular weight excluding hydrogens is 191 g/mol. The van der Waals surface area contributed by atoms with Gasteiger partial charge in [0.05, 0.1) is 0 Å². The molecule has 0 spiro atoms. The van der Waals surface area contributed by atoms with Gasteiger partial charge in [0, 0.05) is 12.2 Å². The van der Waals surface area contributed by atoms with Gasteiger partial charge in [0.25, 0.3) is 0 Å². The summed E-state index contributed by atoms with van der Waals surface area (Å²) in [5.41, 5.74) is 0. The largest absolute Gasteiger partial charge is 0.418 e. The van der Waals surface area contributed by atoms with Crippen LogP contribution in [0.3, 0.4) is 0 Å². The highest BCUT2D eigenvalue weighted by Gasteiger charge is 2.44. The van der Waals surface area contributed by atoms with Gasteiger partial charge in [-0.2, -0.15) is 14.7 Å². The summed E-state index contributed by atoms with van der Waals surface area (Å²) in [4.78, 5) is 26.1. The lowest BCUT2D eigenvalue weighted by molar-refractivity contribution is 0.325. The van der Waals surface area contributed by atoms with Gasteiger partial charge in [-0.05, 0) is 17.2 Å². The molecule has 0 radical (unpaired) electrons. The van der Waals surface area contributed by atoms with Gasteiger partial charge in [0.2, 0.25) is 4.99 Å². The molecule has 0 aromatic carbocycles. The Bertz CT molecular complexity index is 110. The Labute approximate surface area is 68.2 Å². The van der Waals surface area contributed by atoms with Crippen molar-refractivity contribution in [1.29, 1.82) is 0 Å². The summed E-state index contributed by atoms with van der Waals surface area (Å²) < 4.78 is 0. The Balaban J connectivity index is 2.39. The van der Waals surface area contributed by atoms with E-state index in [2.05, 4.69) is 0 Å². The summed E-state index contributed by atoms with van der Waals surface area (Å²) >= 11 is 0. The first-order valence-corrected chi connectivity index (χ1v) is 7.06. The minimum Gasteiger partial charge on any atom is -0.192 e. The fourth-order valence-electron chi connectivity index (χ4n) is 0.723. The zero-order valence-corrected chi connectivity index (χ0v) is 7.83. The van der Waals surface area contributed by atoms with E-state index in [1.807, 2.05) is 0 Å². The van der Waals surface area contributed by atoms with Crippen LogP contribution in [-0.4, -0.2) is 25.4 Å². The maximum Gasteiger partial charge on any atom is 0.418 e. The highest BCUT2D eigenvalue weighted by molar-refractivity contribution is 8.77. The van der Waals surface area contributed by atoms with Crippen molar-refractivity contribution in [2.45, 2.75) is 17.8 Å². The van der Waals surface area contributed by atoms with Gasteiger partial charge in [-0.15, -0.1) is 0 Å². The van der Waals surface area contributed by atoms with Gasteiger partial charge in [0.15, 0.2) is 0 Å². The van der Waals surface area contributed by atoms with Crippen LogP contribution in [0.25, 0.3) is 0 Å². The van der Waals surface area contributed by atoms with Gasteiger partial charge in [0.1, 0.15) is 0 Å². The van der Waals surface area contributed by atoms with Crippen molar-refractivity contribution in [3.05, 3.63) is 0 Å². The lowest BCUT2D eigenvalue weighted by Crippen LogP contribution is -2.10. The Morgan fingerprint density at radius 3 is 2.30 bits per heavy atom. The molecule has 1 atom stereocenters. The molecule has 1 fully saturated rings. The van der Waals surface area contributed by atoms with Gasteiger partial charge < -0.3 is 0 Å². The smallest absolute Gasteiger partial charge is 0.192 e. The summed E-state index contributed by atoms with van der Waals surface area (Å²) in [6, 6.07) is 0. The molecule has 1 rings (SSSR count). The molecule has 1 aliphatic rings. The zero-order valence-electron chi connectivity index (χ0n) is 5.30. The second-order valence-electron chi connectivity index (χ2n) is 2.13. The maximum atomic E-state index is 8.83. The van der Waals surface area contributed by atoms with Crippen LogP contribution < -0.4 is 0 Å². The molecule has 0 amide bonds. The normalized spacial score (nSPS) is 28.5. The van der Waals surface area contributed by atoms with Gasteiger partial charge >= 0.3 is 7.94 Å². The van der Waals surface area contributed by atoms with Crippen LogP contribution in [0.15, 0.2) is 0 Å². The lowest BCUT2D eigenvalue weighted by Gasteiger charge is -2.19. The molecule has 0 bridgehead atoms. The monoisotopic (exact) mass is 201 g/mol. The molecule has 0 aliphatic carbocycles. The fraction of sp³-hybridized carbons (Fsp3) is 1.00. The maximum absolute atomic E-state index is 8.83. The lowest BCUT2D eigenvalue weighted by atomic mass is 10.4. The molecule has 1 aliphatic heterocycles. The van der Waals surface area contributed by atoms with Crippen molar-refractivity contribution in [2.24, 2.45) is 0 Å². The molecule has 0 saturated carbocycles. The number of rotatable bonds is 1. The molecule has 0 aromatic heterocycles. The summed E-state index contributed by atoms with van der Waals surface area (Å²) in [5.74, 6) is 1.04. The average molecular weight is 201 g/mol. The molecule has 60 valence electrons. The molecule has 3 N–H and O–H groups in total. The third-order valence-corrected chi connectivity index (χ3v) is 6.52. The Kier molecular flexibility index (Phi) is 3.28. The SMILES string of the molecule is O[P+](O)(O)C1CCCSS1. The molecule has 6 heteroatoms. The molecule has 1 unspecified atom stereocenters. The van der Waals surface area contributed by atoms with Gasteiger partial charge in [-0.25, -0.2) is 0 Å². The Morgan fingerprint density at radius 2 is 2.00 bits per heavy atom. The zero-order chi connectivity index (χ0) is 7.61. The van der Waals surface area contributed by atoms with Crippen LogP contribution in [0.1, 0.15) is 12.8 Å². The second-order valence-corrected chi connectivity index (χ2v) is 7.02. The highest BCUT2D eigenvalue weighted by atomic mass is 33.1. The molecule has 1 saturated heterocycles. The van der Waals surface area contributed by atoms with E-state index in [0.29, 0.717) is 0 Å². The van der Waals surface area contributed by atoms with E-state index in [1.54, 1.807) is 10.8 Å². The van der Waals surface area contributed by atoms with Crippen molar-refractivity contribution in [3.63, 3.8) is 0 Å². The minimum atomic E-state index is -3.55. The second kappa shape index (κ2) is 3.61. The molecule has 1 heterocycles. The molecule has 3 nitrogen and oxygen atoms in total. The molecule has 0 aromatic rings. The van der Waals surface area contributed by atoms with Gasteiger partial charge in [-0.1, -0.05) is 10.8 Å². The summed E-state index contributed by atoms with van der Waals surface area (Å²) in [6.07, 6.45) is 1.68. The first-order chi connectivity index (χ1) is 4.61. The topological polar surface area (TPSA) is 60.7 Å². The van der Waals surface area contributed by atoms with Crippen molar-refractivity contribution in [1.82, 2.24) is 0 Å². The standard InChI is InChI=1S/C4H10O3PS2/c5-8(6,7)4-2-1-3-9-10-4/h4-7H,1-3H2/q+1. The number of hydrogen-bond donors (Lipinski definition) is 3. The predicted molar refractivity (Wildman–Crippen MR) is 46.6 cm³/mol. The number of hydrogen-bond acceptors (Lipinski definition) is 5. The summed E-state index contributed by atoms with van der Waals surface area (Å²) in [7, 11) is -0.568. The predicted octanol–water partition coefficient (Wildman–Crippen LogP) is 1.23. The van der Waals surface area contributed by atoms with E-state index < -0.39 is 7.94 Å². The van der Waals surface area contributed by atoms with Gasteiger partial charge in [-0.3, -0.25) is 0 Å². The van der Waals surface area contributed by atoms with E-state index in [-0.39, 0.29) is 4.99 Å². The van der Waals surface area contributed by atoms with Crippen molar-refractivity contribution in [2.75, 3.05) is 5.75 Å². The van der Waals surface area contributed by atoms with E-state index in [9.17, 15) is 0 Å². The quantitative estimate of drug-likeness (QED) is 0.440. The van der Waals surface area contributed by atoms with Crippen LogP contribution in [-0.2, 0) is 0 Å². The Hall–Kier alpha value is 1.01. The van der Waals surface area contributed by atoms with E-state index in [0.717, 1.165) is 18.6 Å². The van der Waals surface area contributed by atoms with Crippen LogP contribution in [0.4, 0.5) is 0 Å².